The summed E-state index contributed by atoms with van der Waals surface area (Å²) in [6.07, 6.45) is 51.3. The summed E-state index contributed by atoms with van der Waals surface area (Å²) in [6.45, 7) is 4.36. The molecule has 2 unspecified atom stereocenters. The van der Waals surface area contributed by atoms with Gasteiger partial charge in [-0.25, -0.2) is 0 Å². The zero-order valence-corrected chi connectivity index (χ0v) is 31.8. The van der Waals surface area contributed by atoms with Gasteiger partial charge in [-0.15, -0.1) is 0 Å². The van der Waals surface area contributed by atoms with Crippen molar-refractivity contribution in [3.05, 3.63) is 85.1 Å². The largest absolute Gasteiger partial charge is 0.387 e. The quantitative estimate of drug-likeness (QED) is 0.0359. The van der Waals surface area contributed by atoms with E-state index in [1.807, 2.05) is 0 Å². The lowest BCUT2D eigenvalue weighted by Crippen LogP contribution is -2.46. The number of amides is 1. The minimum absolute atomic E-state index is 0.270. The molecule has 280 valence electrons. The molecule has 0 radical (unpaired) electrons. The first kappa shape index (κ1) is 46.5. The maximum Gasteiger partial charge on any atom is 0.267 e. The van der Waals surface area contributed by atoms with Crippen LogP contribution in [0.15, 0.2) is 85.1 Å². The van der Waals surface area contributed by atoms with Gasteiger partial charge in [0.05, 0.1) is 17.9 Å². The third kappa shape index (κ3) is 36.6. The van der Waals surface area contributed by atoms with Gasteiger partial charge >= 0.3 is 0 Å². The number of carbonyl (C=O) groups is 1. The van der Waals surface area contributed by atoms with E-state index < -0.39 is 28.0 Å². The molecule has 0 aliphatic rings. The molecule has 0 saturated carbocycles. The third-order valence-electron chi connectivity index (χ3n) is 8.03. The number of carbonyl (C=O) groups excluding carboxylic acids is 1. The first-order chi connectivity index (χ1) is 23.8. The van der Waals surface area contributed by atoms with E-state index in [9.17, 15) is 22.9 Å². The SMILES string of the molecule is CC/C=C\C/C=C\C/C=C\C/C=C\CCCCCCCCCCC(=O)NC(CS(=O)(=O)O)C(O)/C=C/CC/C=C/CC/C=C/CCCCC. The summed E-state index contributed by atoms with van der Waals surface area (Å²) in [5, 5.41) is 13.2. The summed E-state index contributed by atoms with van der Waals surface area (Å²) in [5.74, 6) is -1.03. The third-order valence-corrected chi connectivity index (χ3v) is 8.81. The second kappa shape index (κ2) is 35.3. The van der Waals surface area contributed by atoms with Crippen molar-refractivity contribution in [2.45, 2.75) is 167 Å². The van der Waals surface area contributed by atoms with Crippen LogP contribution in [0.1, 0.15) is 155 Å². The van der Waals surface area contributed by atoms with Crippen molar-refractivity contribution >= 4 is 16.0 Å². The van der Waals surface area contributed by atoms with Crippen LogP contribution < -0.4 is 5.32 Å². The smallest absolute Gasteiger partial charge is 0.267 e. The van der Waals surface area contributed by atoms with E-state index >= 15 is 0 Å². The fourth-order valence-electron chi connectivity index (χ4n) is 5.18. The van der Waals surface area contributed by atoms with Crippen LogP contribution in [0.4, 0.5) is 0 Å². The van der Waals surface area contributed by atoms with E-state index in [2.05, 4.69) is 92.1 Å². The van der Waals surface area contributed by atoms with Gasteiger partial charge in [-0.2, -0.15) is 8.42 Å². The molecule has 0 aliphatic carbocycles. The number of rotatable bonds is 33. The molecule has 0 aliphatic heterocycles. The Balaban J connectivity index is 4.02. The standard InChI is InChI=1S/C42H71NO5S/c1-3-5-7-9-11-13-15-17-18-19-20-21-22-23-24-26-28-30-32-34-36-38-42(45)43-40(39-49(46,47)48)41(44)37-35-33-31-29-27-25-16-14-12-10-8-6-4-2/h5,7,11-14,17-18,20-21,27,29,35,37,40-41,44H,3-4,6,8-10,15-16,19,22-26,28,30-34,36,38-39H2,1-2H3,(H,43,45)(H,46,47,48)/b7-5-,13-11-,14-12+,18-17-,21-20-,29-27+,37-35+. The molecule has 0 aromatic heterocycles. The lowest BCUT2D eigenvalue weighted by Gasteiger charge is -2.21. The summed E-state index contributed by atoms with van der Waals surface area (Å²) in [6, 6.07) is -1.09. The Hall–Kier alpha value is -2.48. The normalized spacial score (nSPS) is 14.3. The number of hydrogen-bond donors (Lipinski definition) is 3. The molecule has 49 heavy (non-hydrogen) atoms. The molecule has 1 amide bonds. The number of allylic oxidation sites excluding steroid dienone is 13. The van der Waals surface area contributed by atoms with Crippen LogP contribution in [-0.2, 0) is 14.9 Å². The van der Waals surface area contributed by atoms with E-state index in [1.165, 1.54) is 51.0 Å². The monoisotopic (exact) mass is 702 g/mol. The van der Waals surface area contributed by atoms with Gasteiger partial charge in [0.15, 0.2) is 0 Å². The number of aliphatic hydroxyl groups is 1. The molecule has 0 saturated heterocycles. The molecule has 0 spiro atoms. The van der Waals surface area contributed by atoms with E-state index in [4.69, 9.17) is 0 Å². The maximum absolute atomic E-state index is 12.5. The van der Waals surface area contributed by atoms with Gasteiger partial charge in [-0.05, 0) is 83.5 Å². The van der Waals surface area contributed by atoms with Crippen LogP contribution in [0.2, 0.25) is 0 Å². The zero-order valence-electron chi connectivity index (χ0n) is 31.0. The van der Waals surface area contributed by atoms with Crippen molar-refractivity contribution in [3.8, 4) is 0 Å². The van der Waals surface area contributed by atoms with E-state index in [1.54, 1.807) is 6.08 Å². The van der Waals surface area contributed by atoms with E-state index in [-0.39, 0.29) is 12.3 Å². The number of unbranched alkanes of at least 4 members (excludes halogenated alkanes) is 13. The molecule has 7 heteroatoms. The topological polar surface area (TPSA) is 104 Å². The van der Waals surface area contributed by atoms with Gasteiger partial charge in [-0.3, -0.25) is 9.35 Å². The highest BCUT2D eigenvalue weighted by Crippen LogP contribution is 2.12. The van der Waals surface area contributed by atoms with Crippen LogP contribution >= 0.6 is 0 Å². The highest BCUT2D eigenvalue weighted by Gasteiger charge is 2.24. The van der Waals surface area contributed by atoms with Gasteiger partial charge in [0.25, 0.3) is 10.1 Å². The molecule has 0 bridgehead atoms. The summed E-state index contributed by atoms with van der Waals surface area (Å²) in [5.41, 5.74) is 0. The molecular weight excluding hydrogens is 631 g/mol. The minimum atomic E-state index is -4.36. The molecule has 0 rings (SSSR count). The van der Waals surface area contributed by atoms with Crippen LogP contribution in [0, 0.1) is 0 Å². The second-order valence-corrected chi connectivity index (χ2v) is 14.3. The molecular formula is C42H71NO5S. The molecule has 6 nitrogen and oxygen atoms in total. The zero-order chi connectivity index (χ0) is 36.1. The van der Waals surface area contributed by atoms with Crippen LogP contribution in [-0.4, -0.2) is 41.9 Å². The maximum atomic E-state index is 12.5. The molecule has 3 N–H and O–H groups in total. The highest BCUT2D eigenvalue weighted by molar-refractivity contribution is 7.85. The first-order valence-corrected chi connectivity index (χ1v) is 20.9. The number of aliphatic hydroxyl groups excluding tert-OH is 1. The lowest BCUT2D eigenvalue weighted by atomic mass is 10.1. The molecule has 0 aromatic carbocycles. The Bertz CT molecular complexity index is 1080. The Kier molecular flexibility index (Phi) is 33.6. The fourth-order valence-corrected chi connectivity index (χ4v) is 5.91. The van der Waals surface area contributed by atoms with E-state index in [0.717, 1.165) is 77.0 Å². The second-order valence-electron chi connectivity index (χ2n) is 12.8. The Morgan fingerprint density at radius 1 is 0.571 bits per heavy atom. The molecule has 0 heterocycles. The van der Waals surface area contributed by atoms with Gasteiger partial charge in [0.2, 0.25) is 5.91 Å². The number of nitrogens with one attached hydrogen (secondary N) is 1. The average Bonchev–Trinajstić information content (AvgIpc) is 3.06. The lowest BCUT2D eigenvalue weighted by molar-refractivity contribution is -0.122. The summed E-state index contributed by atoms with van der Waals surface area (Å²) in [7, 11) is -4.36. The van der Waals surface area contributed by atoms with Gasteiger partial charge in [-0.1, -0.05) is 150 Å². The van der Waals surface area contributed by atoms with Crippen molar-refractivity contribution in [2.75, 3.05) is 5.75 Å². The Morgan fingerprint density at radius 3 is 1.53 bits per heavy atom. The number of hydrogen-bond acceptors (Lipinski definition) is 4. The summed E-state index contributed by atoms with van der Waals surface area (Å²) >= 11 is 0. The average molecular weight is 702 g/mol. The predicted molar refractivity (Wildman–Crippen MR) is 211 cm³/mol. The van der Waals surface area contributed by atoms with Crippen LogP contribution in [0.5, 0.6) is 0 Å². The fraction of sp³-hybridized carbons (Fsp3) is 0.643. The first-order valence-electron chi connectivity index (χ1n) is 19.3. The molecule has 0 aromatic rings. The van der Waals surface area contributed by atoms with Gasteiger partial charge < -0.3 is 10.4 Å². The van der Waals surface area contributed by atoms with Crippen molar-refractivity contribution in [3.63, 3.8) is 0 Å². The van der Waals surface area contributed by atoms with Crippen molar-refractivity contribution in [1.29, 1.82) is 0 Å². The van der Waals surface area contributed by atoms with Gasteiger partial charge in [0.1, 0.15) is 0 Å². The molecule has 2 atom stereocenters. The van der Waals surface area contributed by atoms with E-state index in [0.29, 0.717) is 12.8 Å². The van der Waals surface area contributed by atoms with Gasteiger partial charge in [0, 0.05) is 6.42 Å². The molecule has 0 fully saturated rings. The predicted octanol–water partition coefficient (Wildman–Crippen LogP) is 11.2. The Morgan fingerprint density at radius 2 is 1.00 bits per heavy atom. The van der Waals surface area contributed by atoms with Crippen LogP contribution in [0.25, 0.3) is 0 Å². The van der Waals surface area contributed by atoms with Crippen LogP contribution in [0.3, 0.4) is 0 Å². The summed E-state index contributed by atoms with van der Waals surface area (Å²) < 4.78 is 32.4. The summed E-state index contributed by atoms with van der Waals surface area (Å²) in [4.78, 5) is 12.5. The highest BCUT2D eigenvalue weighted by atomic mass is 32.2. The van der Waals surface area contributed by atoms with Crippen molar-refractivity contribution in [2.24, 2.45) is 0 Å². The van der Waals surface area contributed by atoms with Crippen molar-refractivity contribution in [1.82, 2.24) is 5.32 Å². The Labute approximate surface area is 301 Å². The van der Waals surface area contributed by atoms with Crippen molar-refractivity contribution < 1.29 is 22.9 Å². The minimum Gasteiger partial charge on any atom is -0.387 e.